The van der Waals surface area contributed by atoms with Crippen molar-refractivity contribution in [2.75, 3.05) is 0 Å². The quantitative estimate of drug-likeness (QED) is 0.735. The lowest BCUT2D eigenvalue weighted by Gasteiger charge is -2.16. The topological polar surface area (TPSA) is 32.3 Å². The fourth-order valence-corrected chi connectivity index (χ4v) is 1.05. The van der Waals surface area contributed by atoms with Crippen LogP contribution in [0.3, 0.4) is 0 Å². The molecule has 2 atom stereocenters. The van der Waals surface area contributed by atoms with Crippen molar-refractivity contribution in [1.82, 2.24) is 5.32 Å². The van der Waals surface area contributed by atoms with Crippen LogP contribution in [0.1, 0.15) is 19.4 Å². The minimum Gasteiger partial charge on any atom is -0.392 e. The van der Waals surface area contributed by atoms with E-state index in [9.17, 15) is 5.11 Å². The molecule has 0 aliphatic carbocycles. The van der Waals surface area contributed by atoms with Crippen LogP contribution in [0.2, 0.25) is 0 Å². The number of benzene rings is 1. The molecule has 0 aromatic heterocycles. The van der Waals surface area contributed by atoms with Gasteiger partial charge in [-0.1, -0.05) is 30.3 Å². The second-order valence-corrected chi connectivity index (χ2v) is 3.40. The van der Waals surface area contributed by atoms with Crippen molar-refractivity contribution in [3.8, 4) is 0 Å². The summed E-state index contributed by atoms with van der Waals surface area (Å²) in [5, 5.41) is 12.5. The largest absolute Gasteiger partial charge is 0.392 e. The molecule has 13 heavy (non-hydrogen) atoms. The van der Waals surface area contributed by atoms with E-state index in [1.807, 2.05) is 25.1 Å². The molecule has 0 amide bonds. The van der Waals surface area contributed by atoms with Crippen LogP contribution < -0.4 is 5.32 Å². The van der Waals surface area contributed by atoms with Gasteiger partial charge in [0.15, 0.2) is 0 Å². The van der Waals surface area contributed by atoms with Crippen LogP contribution in [0, 0.1) is 0 Å². The van der Waals surface area contributed by atoms with E-state index in [1.54, 1.807) is 6.92 Å². The summed E-state index contributed by atoms with van der Waals surface area (Å²) < 4.78 is 0. The Bertz CT molecular complexity index is 233. The molecule has 0 fully saturated rings. The fraction of sp³-hybridized carbons (Fsp3) is 0.455. The van der Waals surface area contributed by atoms with Crippen LogP contribution in [-0.2, 0) is 6.54 Å². The highest BCUT2D eigenvalue weighted by Gasteiger charge is 2.06. The lowest BCUT2D eigenvalue weighted by Crippen LogP contribution is -2.34. The van der Waals surface area contributed by atoms with Gasteiger partial charge in [-0.05, 0) is 19.4 Å². The van der Waals surface area contributed by atoms with E-state index in [0.29, 0.717) is 0 Å². The van der Waals surface area contributed by atoms with E-state index in [4.69, 9.17) is 0 Å². The highest BCUT2D eigenvalue weighted by molar-refractivity contribution is 5.14. The summed E-state index contributed by atoms with van der Waals surface area (Å²) in [4.78, 5) is 0. The zero-order chi connectivity index (χ0) is 9.68. The minimum absolute atomic E-state index is 0.139. The Morgan fingerprint density at radius 1 is 1.23 bits per heavy atom. The van der Waals surface area contributed by atoms with Gasteiger partial charge in [-0.15, -0.1) is 0 Å². The summed E-state index contributed by atoms with van der Waals surface area (Å²) in [7, 11) is 0. The van der Waals surface area contributed by atoms with Crippen LogP contribution in [-0.4, -0.2) is 17.3 Å². The molecule has 0 aliphatic heterocycles. The molecule has 2 nitrogen and oxygen atoms in total. The predicted molar refractivity (Wildman–Crippen MR) is 54.4 cm³/mol. The van der Waals surface area contributed by atoms with Crippen molar-refractivity contribution >= 4 is 0 Å². The molecule has 0 radical (unpaired) electrons. The van der Waals surface area contributed by atoms with Gasteiger partial charge in [0.2, 0.25) is 0 Å². The molecule has 0 saturated heterocycles. The summed E-state index contributed by atoms with van der Waals surface area (Å²) in [6, 6.07) is 10.3. The van der Waals surface area contributed by atoms with Crippen molar-refractivity contribution in [1.29, 1.82) is 0 Å². The molecule has 1 rings (SSSR count). The third kappa shape index (κ3) is 3.57. The molecule has 0 aliphatic rings. The van der Waals surface area contributed by atoms with E-state index in [1.165, 1.54) is 5.56 Å². The van der Waals surface area contributed by atoms with Crippen LogP contribution >= 0.6 is 0 Å². The smallest absolute Gasteiger partial charge is 0.0662 e. The summed E-state index contributed by atoms with van der Waals surface area (Å²) in [6.07, 6.45) is -0.302. The van der Waals surface area contributed by atoms with Crippen molar-refractivity contribution < 1.29 is 5.11 Å². The molecule has 0 bridgehead atoms. The lowest BCUT2D eigenvalue weighted by molar-refractivity contribution is 0.152. The van der Waals surface area contributed by atoms with E-state index in [0.717, 1.165) is 6.54 Å². The molecule has 2 N–H and O–H groups in total. The van der Waals surface area contributed by atoms with Crippen molar-refractivity contribution in [3.05, 3.63) is 35.9 Å². The zero-order valence-corrected chi connectivity index (χ0v) is 8.20. The molecule has 1 aromatic rings. The Labute approximate surface area is 79.6 Å². The first-order valence-corrected chi connectivity index (χ1v) is 4.65. The van der Waals surface area contributed by atoms with Crippen molar-refractivity contribution in [2.24, 2.45) is 0 Å². The number of hydrogen-bond acceptors (Lipinski definition) is 2. The molecular weight excluding hydrogens is 162 g/mol. The van der Waals surface area contributed by atoms with Gasteiger partial charge in [-0.2, -0.15) is 0 Å². The van der Waals surface area contributed by atoms with Crippen LogP contribution in [0.15, 0.2) is 30.3 Å². The average molecular weight is 179 g/mol. The highest BCUT2D eigenvalue weighted by atomic mass is 16.3. The number of hydrogen-bond donors (Lipinski definition) is 2. The van der Waals surface area contributed by atoms with Crippen molar-refractivity contribution in [2.45, 2.75) is 32.5 Å². The average Bonchev–Trinajstić information content (AvgIpc) is 2.15. The second-order valence-electron chi connectivity index (χ2n) is 3.40. The van der Waals surface area contributed by atoms with Gasteiger partial charge in [0.05, 0.1) is 6.10 Å². The fourth-order valence-electron chi connectivity index (χ4n) is 1.05. The maximum Gasteiger partial charge on any atom is 0.0662 e. The van der Waals surface area contributed by atoms with Crippen molar-refractivity contribution in [3.63, 3.8) is 0 Å². The molecule has 0 unspecified atom stereocenters. The monoisotopic (exact) mass is 179 g/mol. The summed E-state index contributed by atoms with van der Waals surface area (Å²) >= 11 is 0. The predicted octanol–water partition coefficient (Wildman–Crippen LogP) is 1.55. The zero-order valence-electron chi connectivity index (χ0n) is 8.20. The van der Waals surface area contributed by atoms with Gasteiger partial charge in [0.25, 0.3) is 0 Å². The highest BCUT2D eigenvalue weighted by Crippen LogP contribution is 1.99. The third-order valence-electron chi connectivity index (χ3n) is 2.19. The third-order valence-corrected chi connectivity index (χ3v) is 2.19. The molecule has 0 heterocycles. The second kappa shape index (κ2) is 5.00. The first kappa shape index (κ1) is 10.2. The van der Waals surface area contributed by atoms with Crippen LogP contribution in [0.25, 0.3) is 0 Å². The SMILES string of the molecule is C[C@H](NCc1ccccc1)[C@@H](C)O. The lowest BCUT2D eigenvalue weighted by atomic mass is 10.2. The Hall–Kier alpha value is -0.860. The Morgan fingerprint density at radius 3 is 2.38 bits per heavy atom. The van der Waals surface area contributed by atoms with Gasteiger partial charge in [-0.25, -0.2) is 0 Å². The molecular formula is C11H17NO. The maximum absolute atomic E-state index is 9.24. The van der Waals surface area contributed by atoms with Gasteiger partial charge >= 0.3 is 0 Å². The van der Waals surface area contributed by atoms with Gasteiger partial charge < -0.3 is 10.4 Å². The van der Waals surface area contributed by atoms with E-state index >= 15 is 0 Å². The summed E-state index contributed by atoms with van der Waals surface area (Å²) in [5.41, 5.74) is 1.25. The molecule has 0 spiro atoms. The number of aliphatic hydroxyl groups excluding tert-OH is 1. The van der Waals surface area contributed by atoms with Gasteiger partial charge in [-0.3, -0.25) is 0 Å². The molecule has 72 valence electrons. The Balaban J connectivity index is 2.35. The number of nitrogens with one attached hydrogen (secondary N) is 1. The van der Waals surface area contributed by atoms with Crippen LogP contribution in [0.4, 0.5) is 0 Å². The first-order valence-electron chi connectivity index (χ1n) is 4.65. The van der Waals surface area contributed by atoms with E-state index in [-0.39, 0.29) is 12.1 Å². The first-order chi connectivity index (χ1) is 6.20. The number of rotatable bonds is 4. The van der Waals surface area contributed by atoms with Crippen LogP contribution in [0.5, 0.6) is 0 Å². The minimum atomic E-state index is -0.302. The molecule has 2 heteroatoms. The summed E-state index contributed by atoms with van der Waals surface area (Å²) in [5.74, 6) is 0. The standard InChI is InChI=1S/C11H17NO/c1-9(10(2)13)12-8-11-6-4-3-5-7-11/h3-7,9-10,12-13H,8H2,1-2H3/t9-,10+/m0/s1. The number of aliphatic hydroxyl groups is 1. The summed E-state index contributed by atoms with van der Waals surface area (Å²) in [6.45, 7) is 4.59. The molecule has 1 aromatic carbocycles. The maximum atomic E-state index is 9.24. The Kier molecular flexibility index (Phi) is 3.93. The Morgan fingerprint density at radius 2 is 1.85 bits per heavy atom. The van der Waals surface area contributed by atoms with E-state index < -0.39 is 0 Å². The van der Waals surface area contributed by atoms with Gasteiger partial charge in [0.1, 0.15) is 0 Å². The van der Waals surface area contributed by atoms with E-state index in [2.05, 4.69) is 17.4 Å². The normalized spacial score (nSPS) is 15.3. The molecule has 0 saturated carbocycles. The van der Waals surface area contributed by atoms with Gasteiger partial charge in [0, 0.05) is 12.6 Å².